The van der Waals surface area contributed by atoms with Crippen LogP contribution in [0, 0.1) is 0 Å². The normalized spacial score (nSPS) is 21.6. The highest BCUT2D eigenvalue weighted by atomic mass is 35.5. The second kappa shape index (κ2) is 8.85. The number of benzene rings is 1. The number of aliphatic imine (C=N–C) groups is 1. The van der Waals surface area contributed by atoms with Gasteiger partial charge in [0.15, 0.2) is 0 Å². The van der Waals surface area contributed by atoms with E-state index in [1.165, 1.54) is 0 Å². The van der Waals surface area contributed by atoms with E-state index >= 15 is 0 Å². The molecule has 0 aliphatic heterocycles. The van der Waals surface area contributed by atoms with Gasteiger partial charge in [-0.25, -0.2) is 0 Å². The molecule has 6 heteroatoms. The summed E-state index contributed by atoms with van der Waals surface area (Å²) < 4.78 is 0. The minimum absolute atomic E-state index is 0.0129. The van der Waals surface area contributed by atoms with Gasteiger partial charge in [0.2, 0.25) is 5.91 Å². The van der Waals surface area contributed by atoms with E-state index in [9.17, 15) is 4.79 Å². The van der Waals surface area contributed by atoms with Gasteiger partial charge in [-0.15, -0.1) is 0 Å². The molecular weight excluding hydrogens is 324 g/mol. The molecule has 1 amide bonds. The van der Waals surface area contributed by atoms with Gasteiger partial charge in [0, 0.05) is 42.4 Å². The molecule has 1 atom stereocenters. The van der Waals surface area contributed by atoms with E-state index in [0.29, 0.717) is 24.5 Å². The lowest BCUT2D eigenvalue weighted by Gasteiger charge is -2.27. The van der Waals surface area contributed by atoms with Crippen LogP contribution >= 0.6 is 11.6 Å². The average Bonchev–Trinajstić information content (AvgIpc) is 2.54. The molecule has 1 unspecified atom stereocenters. The van der Waals surface area contributed by atoms with E-state index in [0.717, 1.165) is 35.4 Å². The van der Waals surface area contributed by atoms with Crippen molar-refractivity contribution in [1.29, 1.82) is 0 Å². The third kappa shape index (κ3) is 5.08. The van der Waals surface area contributed by atoms with Crippen molar-refractivity contribution < 1.29 is 4.79 Å². The molecule has 0 radical (unpaired) electrons. The Bertz CT molecular complexity index is 654. The predicted molar refractivity (Wildman–Crippen MR) is 99.2 cm³/mol. The Morgan fingerprint density at radius 2 is 2.17 bits per heavy atom. The minimum Gasteiger partial charge on any atom is -0.401 e. The topological polar surface area (TPSA) is 79.5 Å². The fourth-order valence-corrected chi connectivity index (χ4v) is 3.14. The number of carbonyl (C=O) groups is 1. The number of amides is 1. The highest BCUT2D eigenvalue weighted by molar-refractivity contribution is 6.31. The van der Waals surface area contributed by atoms with Gasteiger partial charge in [-0.2, -0.15) is 0 Å². The van der Waals surface area contributed by atoms with Crippen molar-refractivity contribution in [2.24, 2.45) is 10.7 Å². The predicted octanol–water partition coefficient (Wildman–Crippen LogP) is 2.40. The largest absolute Gasteiger partial charge is 0.401 e. The van der Waals surface area contributed by atoms with Crippen molar-refractivity contribution >= 4 is 23.2 Å². The Labute approximate surface area is 148 Å². The number of halogens is 1. The lowest BCUT2D eigenvalue weighted by molar-refractivity contribution is -0.119. The Hall–Kier alpha value is -1.85. The SMILES string of the molecule is CNC/C(N)=C1\CCC(NC(C)=O)CC1=NCc1ccccc1Cl. The highest BCUT2D eigenvalue weighted by Crippen LogP contribution is 2.25. The molecule has 1 fully saturated rings. The van der Waals surface area contributed by atoms with Crippen LogP contribution < -0.4 is 16.4 Å². The summed E-state index contributed by atoms with van der Waals surface area (Å²) in [5, 5.41) is 6.78. The fourth-order valence-electron chi connectivity index (χ4n) is 2.94. The molecule has 1 saturated carbocycles. The molecule has 0 bridgehead atoms. The van der Waals surface area contributed by atoms with Gasteiger partial charge < -0.3 is 16.4 Å². The van der Waals surface area contributed by atoms with E-state index in [4.69, 9.17) is 22.3 Å². The molecule has 5 nitrogen and oxygen atoms in total. The third-order valence-corrected chi connectivity index (χ3v) is 4.46. The first-order valence-electron chi connectivity index (χ1n) is 8.17. The number of likely N-dealkylation sites (N-methyl/N-ethyl adjacent to an activating group) is 1. The van der Waals surface area contributed by atoms with Gasteiger partial charge in [0.1, 0.15) is 0 Å². The average molecular weight is 349 g/mol. The number of hydrogen-bond acceptors (Lipinski definition) is 4. The summed E-state index contributed by atoms with van der Waals surface area (Å²) in [4.78, 5) is 16.1. The summed E-state index contributed by atoms with van der Waals surface area (Å²) in [7, 11) is 1.87. The number of nitrogens with one attached hydrogen (secondary N) is 2. The Balaban J connectivity index is 2.23. The van der Waals surface area contributed by atoms with Crippen LogP contribution in [0.25, 0.3) is 0 Å². The summed E-state index contributed by atoms with van der Waals surface area (Å²) >= 11 is 6.22. The number of carbonyl (C=O) groups excluding carboxylic acids is 1. The molecule has 0 saturated heterocycles. The first kappa shape index (κ1) is 18.5. The molecule has 130 valence electrons. The van der Waals surface area contributed by atoms with Crippen LogP contribution in [0.1, 0.15) is 31.7 Å². The molecule has 24 heavy (non-hydrogen) atoms. The second-order valence-corrected chi connectivity index (χ2v) is 6.44. The maximum atomic E-state index is 11.3. The quantitative estimate of drug-likeness (QED) is 0.764. The van der Waals surface area contributed by atoms with Crippen LogP contribution in [0.3, 0.4) is 0 Å². The van der Waals surface area contributed by atoms with E-state index < -0.39 is 0 Å². The summed E-state index contributed by atoms with van der Waals surface area (Å²) in [6, 6.07) is 7.81. The van der Waals surface area contributed by atoms with Crippen molar-refractivity contribution in [3.8, 4) is 0 Å². The van der Waals surface area contributed by atoms with E-state index in [2.05, 4.69) is 10.6 Å². The van der Waals surface area contributed by atoms with E-state index in [1.807, 2.05) is 31.3 Å². The van der Waals surface area contributed by atoms with Gasteiger partial charge in [-0.3, -0.25) is 9.79 Å². The zero-order valence-electron chi connectivity index (χ0n) is 14.2. The first-order valence-corrected chi connectivity index (χ1v) is 8.55. The highest BCUT2D eigenvalue weighted by Gasteiger charge is 2.24. The zero-order valence-corrected chi connectivity index (χ0v) is 15.0. The molecule has 1 aliphatic rings. The molecule has 1 aromatic carbocycles. The van der Waals surface area contributed by atoms with Crippen LogP contribution in [0.5, 0.6) is 0 Å². The lowest BCUT2D eigenvalue weighted by atomic mass is 9.87. The van der Waals surface area contributed by atoms with E-state index in [1.54, 1.807) is 6.92 Å². The Kier molecular flexibility index (Phi) is 6.82. The zero-order chi connectivity index (χ0) is 17.5. The van der Waals surface area contributed by atoms with Gasteiger partial charge >= 0.3 is 0 Å². The van der Waals surface area contributed by atoms with Gasteiger partial charge in [0.05, 0.1) is 6.54 Å². The standard InChI is InChI=1S/C18H25ClN4O/c1-12(24)23-14-7-8-15(17(20)11-21-2)18(9-14)22-10-13-5-3-4-6-16(13)19/h3-6,14,21H,7-11,20H2,1-2H3,(H,23,24)/b17-15-,22-18?. The smallest absolute Gasteiger partial charge is 0.217 e. The molecule has 0 spiro atoms. The maximum Gasteiger partial charge on any atom is 0.217 e. The van der Waals surface area contributed by atoms with Gasteiger partial charge in [0.25, 0.3) is 0 Å². The van der Waals surface area contributed by atoms with Crippen LogP contribution in [0.4, 0.5) is 0 Å². The van der Waals surface area contributed by atoms with Gasteiger partial charge in [-0.05, 0) is 37.1 Å². The number of hydrogen-bond donors (Lipinski definition) is 3. The molecule has 1 aromatic rings. The molecular formula is C18H25ClN4O. The van der Waals surface area contributed by atoms with Gasteiger partial charge in [-0.1, -0.05) is 29.8 Å². The van der Waals surface area contributed by atoms with Crippen molar-refractivity contribution in [3.63, 3.8) is 0 Å². The second-order valence-electron chi connectivity index (χ2n) is 6.03. The van der Waals surface area contributed by atoms with Crippen molar-refractivity contribution in [1.82, 2.24) is 10.6 Å². The minimum atomic E-state index is -0.0129. The van der Waals surface area contributed by atoms with Crippen molar-refractivity contribution in [2.75, 3.05) is 13.6 Å². The van der Waals surface area contributed by atoms with Crippen molar-refractivity contribution in [2.45, 2.75) is 38.8 Å². The third-order valence-electron chi connectivity index (χ3n) is 4.09. The number of nitrogens with two attached hydrogens (primary N) is 1. The summed E-state index contributed by atoms with van der Waals surface area (Å²) in [6.45, 7) is 2.69. The van der Waals surface area contributed by atoms with Crippen LogP contribution in [-0.2, 0) is 11.3 Å². The lowest BCUT2D eigenvalue weighted by Crippen LogP contribution is -2.39. The summed E-state index contributed by atoms with van der Waals surface area (Å²) in [6.07, 6.45) is 2.40. The fraction of sp³-hybridized carbons (Fsp3) is 0.444. The number of nitrogens with zero attached hydrogens (tertiary/aromatic N) is 1. The molecule has 2 rings (SSSR count). The van der Waals surface area contributed by atoms with Crippen LogP contribution in [0.15, 0.2) is 40.5 Å². The first-order chi connectivity index (χ1) is 11.5. The molecule has 0 heterocycles. The number of allylic oxidation sites excluding steroid dienone is 1. The van der Waals surface area contributed by atoms with E-state index in [-0.39, 0.29) is 11.9 Å². The Morgan fingerprint density at radius 1 is 1.42 bits per heavy atom. The molecule has 0 aromatic heterocycles. The maximum absolute atomic E-state index is 11.3. The van der Waals surface area contributed by atoms with Crippen molar-refractivity contribution in [3.05, 3.63) is 46.1 Å². The van der Waals surface area contributed by atoms with Crippen LogP contribution in [0.2, 0.25) is 5.02 Å². The Morgan fingerprint density at radius 3 is 2.83 bits per heavy atom. The summed E-state index contributed by atoms with van der Waals surface area (Å²) in [5.41, 5.74) is 10.1. The number of rotatable bonds is 5. The van der Waals surface area contributed by atoms with Crippen LogP contribution in [-0.4, -0.2) is 31.3 Å². The summed E-state index contributed by atoms with van der Waals surface area (Å²) in [5.74, 6) is -0.0129. The monoisotopic (exact) mass is 348 g/mol. The molecule has 1 aliphatic carbocycles. The molecule has 4 N–H and O–H groups in total.